The van der Waals surface area contributed by atoms with Gasteiger partial charge in [-0.2, -0.15) is 18.2 Å². The molecule has 4 rings (SSSR count). The van der Waals surface area contributed by atoms with E-state index in [0.29, 0.717) is 18.8 Å². The van der Waals surface area contributed by atoms with Crippen LogP contribution in [0.4, 0.5) is 30.8 Å². The molecule has 0 unspecified atom stereocenters. The number of nitrogens with one attached hydrogen (secondary N) is 3. The zero-order valence-electron chi connectivity index (χ0n) is 20.0. The third kappa shape index (κ3) is 6.19. The van der Waals surface area contributed by atoms with Gasteiger partial charge in [-0.3, -0.25) is 4.79 Å². The topological polar surface area (TPSA) is 113 Å². The Morgan fingerprint density at radius 3 is 2.54 bits per heavy atom. The second-order valence-corrected chi connectivity index (χ2v) is 9.28. The van der Waals surface area contributed by atoms with Crippen molar-refractivity contribution in [3.8, 4) is 0 Å². The summed E-state index contributed by atoms with van der Waals surface area (Å²) < 4.78 is 42.3. The highest BCUT2D eigenvalue weighted by Crippen LogP contribution is 2.34. The van der Waals surface area contributed by atoms with E-state index in [1.54, 1.807) is 0 Å². The minimum Gasteiger partial charge on any atom is -0.369 e. The number of halogens is 3. The average molecular weight is 496 g/mol. The van der Waals surface area contributed by atoms with Crippen molar-refractivity contribution in [1.29, 1.82) is 0 Å². The van der Waals surface area contributed by atoms with E-state index in [4.69, 9.17) is 0 Å². The molecule has 1 aliphatic heterocycles. The highest BCUT2D eigenvalue weighted by molar-refractivity contribution is 5.79. The van der Waals surface area contributed by atoms with Gasteiger partial charge < -0.3 is 20.9 Å². The molecule has 0 spiro atoms. The summed E-state index contributed by atoms with van der Waals surface area (Å²) in [5.41, 5.74) is -0.173. The number of hydrogen-bond acceptors (Lipinski definition) is 8. The van der Waals surface area contributed by atoms with Crippen LogP contribution in [0.25, 0.3) is 0 Å². The Morgan fingerprint density at radius 2 is 1.89 bits per heavy atom. The maximum absolute atomic E-state index is 13.5. The van der Waals surface area contributed by atoms with Crippen LogP contribution in [0.1, 0.15) is 55.8 Å². The molecule has 10 nitrogen and oxygen atoms in total. The number of carbonyl (C=O) groups excluding carboxylic acids is 1. The molecule has 0 aromatic carbocycles. The van der Waals surface area contributed by atoms with E-state index >= 15 is 0 Å². The summed E-state index contributed by atoms with van der Waals surface area (Å²) in [6.07, 6.45) is 1.39. The smallest absolute Gasteiger partial charge is 0.369 e. The Hall–Kier alpha value is -2.96. The Kier molecular flexibility index (Phi) is 7.72. The number of anilines is 3. The Morgan fingerprint density at radius 1 is 1.14 bits per heavy atom. The predicted octanol–water partition coefficient (Wildman–Crippen LogP) is 3.12. The van der Waals surface area contributed by atoms with E-state index in [9.17, 15) is 18.0 Å². The van der Waals surface area contributed by atoms with Gasteiger partial charge in [0.2, 0.25) is 11.9 Å². The van der Waals surface area contributed by atoms with Crippen LogP contribution in [0.5, 0.6) is 0 Å². The molecule has 0 radical (unpaired) electrons. The number of amides is 1. The summed E-state index contributed by atoms with van der Waals surface area (Å²) in [7, 11) is 2.08. The number of likely N-dealkylation sites (tertiary alicyclic amines) is 1. The van der Waals surface area contributed by atoms with Gasteiger partial charge in [-0.25, -0.2) is 9.67 Å². The molecule has 2 fully saturated rings. The minimum atomic E-state index is -4.60. The number of nitrogens with zero attached hydrogens (tertiary/aromatic N) is 6. The number of rotatable bonds is 9. The second kappa shape index (κ2) is 10.8. The number of alkyl halides is 3. The molecule has 13 heteroatoms. The Bertz CT molecular complexity index is 1010. The standard InChI is InChI=1S/C22H32F3N9O/c1-14-18(31-32-34(14)16-7-11-33(2)12-8-16)29-21-28-13-17(22(23,24)25)19(30-21)26-9-4-10-27-20(35)15-5-3-6-15/h13,15-16H,3-12H2,1-2H3,(H,27,35)(H2,26,28,29,30). The van der Waals surface area contributed by atoms with Crippen LogP contribution >= 0.6 is 0 Å². The zero-order valence-corrected chi connectivity index (χ0v) is 20.0. The van der Waals surface area contributed by atoms with Crippen molar-refractivity contribution in [3.05, 3.63) is 17.5 Å². The Balaban J connectivity index is 1.38. The van der Waals surface area contributed by atoms with E-state index in [1.807, 2.05) is 11.6 Å². The van der Waals surface area contributed by atoms with Gasteiger partial charge in [-0.05, 0) is 59.2 Å². The molecular weight excluding hydrogens is 463 g/mol. The first-order valence-corrected chi connectivity index (χ1v) is 12.1. The van der Waals surface area contributed by atoms with Gasteiger partial charge in [0.15, 0.2) is 5.82 Å². The van der Waals surface area contributed by atoms with E-state index in [0.717, 1.165) is 57.1 Å². The van der Waals surface area contributed by atoms with Crippen molar-refractivity contribution in [2.24, 2.45) is 5.92 Å². The monoisotopic (exact) mass is 495 g/mol. The molecule has 2 aromatic heterocycles. The lowest BCUT2D eigenvalue weighted by atomic mass is 9.85. The predicted molar refractivity (Wildman–Crippen MR) is 124 cm³/mol. The fourth-order valence-electron chi connectivity index (χ4n) is 4.25. The lowest BCUT2D eigenvalue weighted by Crippen LogP contribution is -2.35. The highest BCUT2D eigenvalue weighted by atomic mass is 19.4. The van der Waals surface area contributed by atoms with Crippen molar-refractivity contribution in [1.82, 2.24) is 35.2 Å². The van der Waals surface area contributed by atoms with Gasteiger partial charge in [-0.15, -0.1) is 5.10 Å². The second-order valence-electron chi connectivity index (χ2n) is 9.28. The maximum Gasteiger partial charge on any atom is 0.421 e. The summed E-state index contributed by atoms with van der Waals surface area (Å²) in [6, 6.07) is 0.227. The lowest BCUT2D eigenvalue weighted by molar-refractivity contribution is -0.137. The van der Waals surface area contributed by atoms with Crippen molar-refractivity contribution in [2.45, 2.75) is 57.7 Å². The maximum atomic E-state index is 13.5. The molecule has 1 amide bonds. The van der Waals surface area contributed by atoms with E-state index < -0.39 is 11.7 Å². The molecule has 35 heavy (non-hydrogen) atoms. The summed E-state index contributed by atoms with van der Waals surface area (Å²) >= 11 is 0. The number of hydrogen-bond donors (Lipinski definition) is 3. The molecular formula is C22H32F3N9O. The summed E-state index contributed by atoms with van der Waals surface area (Å²) in [5, 5.41) is 16.9. The van der Waals surface area contributed by atoms with Crippen molar-refractivity contribution in [2.75, 3.05) is 43.9 Å². The highest BCUT2D eigenvalue weighted by Gasteiger charge is 2.35. The average Bonchev–Trinajstić information content (AvgIpc) is 3.12. The van der Waals surface area contributed by atoms with Crippen molar-refractivity contribution in [3.63, 3.8) is 0 Å². The number of aromatic nitrogens is 5. The van der Waals surface area contributed by atoms with Gasteiger partial charge in [0.05, 0.1) is 11.7 Å². The van der Waals surface area contributed by atoms with Crippen molar-refractivity contribution >= 4 is 23.5 Å². The molecule has 1 saturated heterocycles. The summed E-state index contributed by atoms with van der Waals surface area (Å²) in [5.74, 6) is 0.187. The quantitative estimate of drug-likeness (QED) is 0.455. The van der Waals surface area contributed by atoms with Crippen LogP contribution < -0.4 is 16.0 Å². The van der Waals surface area contributed by atoms with Crippen molar-refractivity contribution < 1.29 is 18.0 Å². The third-order valence-electron chi connectivity index (χ3n) is 6.71. The van der Waals surface area contributed by atoms with Crippen LogP contribution in [-0.2, 0) is 11.0 Å². The molecule has 2 aromatic rings. The largest absolute Gasteiger partial charge is 0.421 e. The first kappa shape index (κ1) is 25.1. The SMILES string of the molecule is Cc1c(Nc2ncc(C(F)(F)F)c(NCCCNC(=O)C3CCC3)n2)nnn1C1CCN(C)CC1. The molecule has 192 valence electrons. The van der Waals surface area contributed by atoms with Gasteiger partial charge in [0.1, 0.15) is 11.4 Å². The first-order valence-electron chi connectivity index (χ1n) is 12.1. The molecule has 3 N–H and O–H groups in total. The number of carbonyl (C=O) groups is 1. The lowest BCUT2D eigenvalue weighted by Gasteiger charge is -2.29. The van der Waals surface area contributed by atoms with E-state index in [-0.39, 0.29) is 36.2 Å². The minimum absolute atomic E-state index is 0.00249. The summed E-state index contributed by atoms with van der Waals surface area (Å²) in [4.78, 5) is 22.1. The molecule has 2 aliphatic rings. The van der Waals surface area contributed by atoms with Crippen LogP contribution in [0.3, 0.4) is 0 Å². The van der Waals surface area contributed by atoms with E-state index in [2.05, 4.69) is 48.2 Å². The molecule has 0 bridgehead atoms. The third-order valence-corrected chi connectivity index (χ3v) is 6.71. The van der Waals surface area contributed by atoms with Gasteiger partial charge in [-0.1, -0.05) is 11.6 Å². The van der Waals surface area contributed by atoms with Crippen LogP contribution in [0.15, 0.2) is 6.20 Å². The fourth-order valence-corrected chi connectivity index (χ4v) is 4.25. The van der Waals surface area contributed by atoms with Crippen LogP contribution in [-0.4, -0.2) is 69.0 Å². The zero-order chi connectivity index (χ0) is 25.0. The fraction of sp³-hybridized carbons (Fsp3) is 0.682. The Labute approximate surface area is 202 Å². The van der Waals surface area contributed by atoms with Crippen LogP contribution in [0.2, 0.25) is 0 Å². The van der Waals surface area contributed by atoms with Gasteiger partial charge in [0, 0.05) is 25.2 Å². The van der Waals surface area contributed by atoms with Crippen LogP contribution in [0, 0.1) is 12.8 Å². The first-order chi connectivity index (χ1) is 16.7. The van der Waals surface area contributed by atoms with Gasteiger partial charge in [0.25, 0.3) is 0 Å². The molecule has 1 aliphatic carbocycles. The molecule has 3 heterocycles. The summed E-state index contributed by atoms with van der Waals surface area (Å²) in [6.45, 7) is 4.40. The number of piperidine rings is 1. The van der Waals surface area contributed by atoms with Gasteiger partial charge >= 0.3 is 6.18 Å². The molecule has 1 saturated carbocycles. The van der Waals surface area contributed by atoms with E-state index in [1.165, 1.54) is 0 Å². The molecule has 0 atom stereocenters. The normalized spacial score (nSPS) is 17.7.